The standard InChI is InChI=1S/C26H27.C25H29.2CH3.2ClH.Si.Zr/c1-17-9-22-3-2-4-24(25(22)10-17)21-5-7-23(8-6-21)26-14-18-11-19(15-26)13-20(12-18)16-26;1-17(2)19-11-13-21(14-12-19)24-6-4-5-22-15-23(16-25(22)24)20-9-7-18(3)8-10-20;;;;;;/h2-10,18-20H,11-16H2,1H3;4-6,11-18,20H,7-10H2,1-3H3;2*1H3;2*1H;;/q4*-1;;;;. The molecule has 302 valence electrons. The fourth-order valence-corrected chi connectivity index (χ4v) is 11.5. The van der Waals surface area contributed by atoms with Crippen molar-refractivity contribution >= 4 is 53.2 Å². The van der Waals surface area contributed by atoms with Gasteiger partial charge in [-0.1, -0.05) is 112 Å². The Morgan fingerprint density at radius 1 is 0.632 bits per heavy atom. The van der Waals surface area contributed by atoms with E-state index in [1.54, 1.807) is 11.1 Å². The number of aryl methyl sites for hydroxylation is 1. The second-order valence-corrected chi connectivity index (χ2v) is 17.9. The van der Waals surface area contributed by atoms with Gasteiger partial charge in [0.15, 0.2) is 0 Å². The van der Waals surface area contributed by atoms with E-state index in [-0.39, 0.29) is 39.7 Å². The molecule has 5 fully saturated rings. The molecule has 4 bridgehead atoms. The monoisotopic (exact) mass is 888 g/mol. The summed E-state index contributed by atoms with van der Waals surface area (Å²) in [6.45, 7) is 12.2. The third-order valence-corrected chi connectivity index (χ3v) is 13.9. The van der Waals surface area contributed by atoms with Crippen LogP contribution in [0.15, 0.2) is 109 Å². The molecule has 5 aliphatic carbocycles. The molecule has 0 aliphatic heterocycles. The summed E-state index contributed by atoms with van der Waals surface area (Å²) < 4.78 is 0. The van der Waals surface area contributed by atoms with E-state index in [0.717, 1.165) is 29.6 Å². The topological polar surface area (TPSA) is 0 Å². The zero-order valence-electron chi connectivity index (χ0n) is 35.2. The Hall–Kier alpha value is -2.22. The van der Waals surface area contributed by atoms with Gasteiger partial charge in [0.05, 0.1) is 0 Å². The van der Waals surface area contributed by atoms with Crippen LogP contribution < -0.4 is 0 Å². The van der Waals surface area contributed by atoms with Crippen LogP contribution in [0.25, 0.3) is 43.8 Å². The average Bonchev–Trinajstić information content (AvgIpc) is 3.79. The second kappa shape index (κ2) is 20.4. The summed E-state index contributed by atoms with van der Waals surface area (Å²) in [6, 6.07) is 41.9. The number of halogens is 2. The van der Waals surface area contributed by atoms with E-state index in [0.29, 0.717) is 11.3 Å². The summed E-state index contributed by atoms with van der Waals surface area (Å²) in [5.41, 5.74) is 11.9. The summed E-state index contributed by atoms with van der Waals surface area (Å²) in [5, 5.41) is 5.59. The molecule has 11 rings (SSSR count). The normalized spacial score (nSPS) is 24.1. The van der Waals surface area contributed by atoms with Crippen LogP contribution in [0.1, 0.15) is 119 Å². The molecule has 0 spiro atoms. The number of hydrogen-bond donors (Lipinski definition) is 0. The number of benzene rings is 4. The first kappa shape index (κ1) is 47.5. The van der Waals surface area contributed by atoms with Gasteiger partial charge in [-0.15, -0.1) is 93.9 Å². The molecule has 0 heterocycles. The van der Waals surface area contributed by atoms with Crippen LogP contribution in [-0.2, 0) is 28.8 Å². The molecule has 0 atom stereocenters. The van der Waals surface area contributed by atoms with Crippen molar-refractivity contribution in [1.82, 2.24) is 0 Å². The third kappa shape index (κ3) is 9.88. The zero-order chi connectivity index (χ0) is 36.7. The molecule has 0 N–H and O–H groups in total. The Morgan fingerprint density at radius 2 is 1.11 bits per heavy atom. The molecule has 0 aromatic heterocycles. The molecule has 6 aromatic carbocycles. The van der Waals surface area contributed by atoms with Crippen LogP contribution in [0.2, 0.25) is 0 Å². The van der Waals surface area contributed by atoms with Crippen molar-refractivity contribution in [3.8, 4) is 22.3 Å². The predicted molar refractivity (Wildman–Crippen MR) is 252 cm³/mol. The number of hydrogen-bond acceptors (Lipinski definition) is 0. The van der Waals surface area contributed by atoms with E-state index >= 15 is 0 Å². The summed E-state index contributed by atoms with van der Waals surface area (Å²) in [7, 11) is 0. The van der Waals surface area contributed by atoms with Crippen LogP contribution in [0.4, 0.5) is 0 Å². The van der Waals surface area contributed by atoms with Crippen molar-refractivity contribution in [3.05, 3.63) is 146 Å². The van der Waals surface area contributed by atoms with Gasteiger partial charge in [0.25, 0.3) is 0 Å². The van der Waals surface area contributed by atoms with Gasteiger partial charge in [-0.05, 0) is 115 Å². The fraction of sp³-hybridized carbons (Fsp3) is 0.396. The van der Waals surface area contributed by atoms with Crippen molar-refractivity contribution < 1.29 is 23.3 Å². The summed E-state index contributed by atoms with van der Waals surface area (Å²) in [6.07, 6.45) is 14.4. The maximum absolute atomic E-state index is 3.06. The SMILES string of the molecule is CC1CCC(c2cc3c(-c4ccc(C(C)C)cc4)cccc3[cH-]2)CC1.Cc1cc2c(-c3ccc(C45CC6CC(CC(C6)C4)C5)cc3)cccc2[cH-]1.Cl.Cl.[CH3-].[CH3-].[Si]=[Zr]. The zero-order valence-corrected chi connectivity index (χ0v) is 40.3. The van der Waals surface area contributed by atoms with Crippen molar-refractivity contribution in [2.24, 2.45) is 23.7 Å². The quantitative estimate of drug-likeness (QED) is 0.119. The van der Waals surface area contributed by atoms with Gasteiger partial charge in [0.1, 0.15) is 0 Å². The summed E-state index contributed by atoms with van der Waals surface area (Å²) >= 11 is 1.36. The second-order valence-electron chi connectivity index (χ2n) is 17.9. The van der Waals surface area contributed by atoms with Crippen molar-refractivity contribution in [2.45, 2.75) is 109 Å². The summed E-state index contributed by atoms with van der Waals surface area (Å²) in [5.74, 6) is 5.31. The van der Waals surface area contributed by atoms with Crippen LogP contribution in [0, 0.1) is 45.4 Å². The minimum absolute atomic E-state index is 0. The molecule has 4 heteroatoms. The molecule has 57 heavy (non-hydrogen) atoms. The van der Waals surface area contributed by atoms with Gasteiger partial charge in [-0.25, -0.2) is 0 Å². The fourth-order valence-electron chi connectivity index (χ4n) is 11.5. The van der Waals surface area contributed by atoms with E-state index in [1.807, 2.05) is 0 Å². The first-order chi connectivity index (χ1) is 25.8. The van der Waals surface area contributed by atoms with Crippen LogP contribution >= 0.6 is 24.8 Å². The van der Waals surface area contributed by atoms with E-state index < -0.39 is 0 Å². The van der Waals surface area contributed by atoms with Crippen LogP contribution in [0.3, 0.4) is 0 Å². The molecule has 0 saturated heterocycles. The van der Waals surface area contributed by atoms with Gasteiger partial charge in [0, 0.05) is 0 Å². The van der Waals surface area contributed by atoms with Crippen molar-refractivity contribution in [3.63, 3.8) is 0 Å². The molecule has 0 unspecified atom stereocenters. The molecule has 6 aromatic rings. The van der Waals surface area contributed by atoms with Crippen molar-refractivity contribution in [1.29, 1.82) is 0 Å². The first-order valence-electron chi connectivity index (χ1n) is 20.6. The third-order valence-electron chi connectivity index (χ3n) is 13.9. The van der Waals surface area contributed by atoms with Crippen LogP contribution in [-0.4, -0.2) is 6.88 Å². The van der Waals surface area contributed by atoms with E-state index in [2.05, 4.69) is 144 Å². The Labute approximate surface area is 375 Å². The molecular formula is C53H64Cl2SiZr-4. The Kier molecular flexibility index (Phi) is 17.0. The van der Waals surface area contributed by atoms with E-state index in [4.69, 9.17) is 0 Å². The number of fused-ring (bicyclic) bond motifs is 2. The van der Waals surface area contributed by atoms with Gasteiger partial charge in [0.2, 0.25) is 0 Å². The van der Waals surface area contributed by atoms with E-state index in [9.17, 15) is 0 Å². The Balaban J connectivity index is 0.000000227. The average molecular weight is 891 g/mol. The van der Waals surface area contributed by atoms with Crippen LogP contribution in [0.5, 0.6) is 0 Å². The Bertz CT molecular complexity index is 2130. The molecular weight excluding hydrogens is 827 g/mol. The van der Waals surface area contributed by atoms with Gasteiger partial charge in [-0.2, -0.15) is 12.1 Å². The molecule has 0 nitrogen and oxygen atoms in total. The van der Waals surface area contributed by atoms with E-state index in [1.165, 1.54) is 142 Å². The van der Waals surface area contributed by atoms with Gasteiger partial charge >= 0.3 is 30.2 Å². The predicted octanol–water partition coefficient (Wildman–Crippen LogP) is 16.0. The first-order valence-corrected chi connectivity index (χ1v) is 24.8. The maximum atomic E-state index is 3.06. The van der Waals surface area contributed by atoms with Gasteiger partial charge < -0.3 is 14.9 Å². The summed E-state index contributed by atoms with van der Waals surface area (Å²) in [4.78, 5) is 0. The molecule has 5 saturated carbocycles. The number of rotatable bonds is 5. The van der Waals surface area contributed by atoms with Gasteiger partial charge in [-0.3, -0.25) is 0 Å². The Morgan fingerprint density at radius 3 is 1.61 bits per heavy atom. The minimum atomic E-state index is 0. The molecule has 5 aliphatic rings. The van der Waals surface area contributed by atoms with Crippen molar-refractivity contribution in [2.75, 3.05) is 0 Å². The molecule has 2 radical (unpaired) electrons. The molecule has 0 amide bonds.